The van der Waals surface area contributed by atoms with Crippen molar-refractivity contribution < 1.29 is 22.1 Å². The smallest absolute Gasteiger partial charge is 0.397 e. The minimum absolute atomic E-state index is 0.759. The van der Waals surface area contributed by atoms with Crippen molar-refractivity contribution in [2.45, 2.75) is 94.7 Å². The molecule has 0 aliphatic heterocycles. The Morgan fingerprint density at radius 2 is 0.963 bits per heavy atom. The quantitative estimate of drug-likeness (QED) is 0.450. The number of hydrogen-bond acceptors (Lipinski definition) is 5. The van der Waals surface area contributed by atoms with E-state index in [4.69, 9.17) is 22.1 Å². The van der Waals surface area contributed by atoms with E-state index in [9.17, 15) is 0 Å². The van der Waals surface area contributed by atoms with Crippen molar-refractivity contribution in [3.05, 3.63) is 0 Å². The molecule has 0 aromatic carbocycles. The van der Waals surface area contributed by atoms with Gasteiger partial charge in [0.25, 0.3) is 0 Å². The molecule has 0 atom stereocenters. The third-order valence-electron chi connectivity index (χ3n) is 6.48. The van der Waals surface area contributed by atoms with Crippen molar-refractivity contribution in [2.75, 3.05) is 35.5 Å². The van der Waals surface area contributed by atoms with Crippen molar-refractivity contribution in [1.29, 1.82) is 0 Å². The van der Waals surface area contributed by atoms with Crippen LogP contribution < -0.4 is 0 Å². The molecular formula is C20H44O5Si2. The van der Waals surface area contributed by atoms with Crippen LogP contribution in [0.15, 0.2) is 0 Å². The van der Waals surface area contributed by atoms with Gasteiger partial charge in [0.2, 0.25) is 0 Å². The highest BCUT2D eigenvalue weighted by molar-refractivity contribution is 6.70. The second kappa shape index (κ2) is 13.5. The van der Waals surface area contributed by atoms with E-state index in [0.29, 0.717) is 0 Å². The molecule has 162 valence electrons. The van der Waals surface area contributed by atoms with Gasteiger partial charge in [-0.15, -0.1) is 0 Å². The third kappa shape index (κ3) is 6.91. The van der Waals surface area contributed by atoms with Gasteiger partial charge in [-0.05, 0) is 25.7 Å². The third-order valence-corrected chi connectivity index (χ3v) is 14.2. The summed E-state index contributed by atoms with van der Waals surface area (Å²) in [4.78, 5) is 0. The van der Waals surface area contributed by atoms with E-state index in [-0.39, 0.29) is 0 Å². The zero-order chi connectivity index (χ0) is 20.2. The molecule has 0 aromatic heterocycles. The molecule has 2 aliphatic rings. The SMILES string of the molecule is CCC[Si](OC)(OC)OC.CO[Si](OC)(C1CCCCC1)C1CCCCC1. The molecule has 2 fully saturated rings. The van der Waals surface area contributed by atoms with Crippen molar-refractivity contribution in [3.63, 3.8) is 0 Å². The van der Waals surface area contributed by atoms with E-state index in [1.807, 2.05) is 14.2 Å². The first-order chi connectivity index (χ1) is 13.1. The Hall–Kier alpha value is 0.234. The predicted molar refractivity (Wildman–Crippen MR) is 115 cm³/mol. The number of rotatable bonds is 9. The minimum atomic E-state index is -2.22. The van der Waals surface area contributed by atoms with Gasteiger partial charge in [0.1, 0.15) is 0 Å². The molecule has 0 N–H and O–H groups in total. The summed E-state index contributed by atoms with van der Waals surface area (Å²) < 4.78 is 27.7. The molecular weight excluding hydrogens is 376 g/mol. The van der Waals surface area contributed by atoms with Crippen molar-refractivity contribution >= 4 is 17.4 Å². The standard InChI is InChI=1S/C14H28O2Si.C6H16O3Si/c1-15-17(16-2,13-9-5-3-6-10-13)14-11-7-4-8-12-14;1-5-6-10(7-2,8-3)9-4/h13-14H,3-12H2,1-2H3;5-6H2,1-4H3. The van der Waals surface area contributed by atoms with E-state index in [2.05, 4.69) is 6.92 Å². The Morgan fingerprint density at radius 3 is 1.19 bits per heavy atom. The van der Waals surface area contributed by atoms with Gasteiger partial charge in [-0.25, -0.2) is 0 Å². The molecule has 0 bridgehead atoms. The van der Waals surface area contributed by atoms with E-state index in [1.54, 1.807) is 21.3 Å². The van der Waals surface area contributed by atoms with Gasteiger partial charge >= 0.3 is 17.4 Å². The van der Waals surface area contributed by atoms with Gasteiger partial charge in [-0.3, -0.25) is 0 Å². The van der Waals surface area contributed by atoms with Gasteiger partial charge in [-0.1, -0.05) is 51.9 Å². The van der Waals surface area contributed by atoms with Crippen LogP contribution in [0.4, 0.5) is 0 Å². The lowest BCUT2D eigenvalue weighted by atomic mass is 9.99. The van der Waals surface area contributed by atoms with Gasteiger partial charge in [-0.2, -0.15) is 0 Å². The van der Waals surface area contributed by atoms with Crippen LogP contribution in [0.2, 0.25) is 17.1 Å². The van der Waals surface area contributed by atoms with Crippen LogP contribution in [0, 0.1) is 0 Å². The summed E-state index contributed by atoms with van der Waals surface area (Å²) in [7, 11) is 4.57. The average Bonchev–Trinajstić information content (AvgIpc) is 2.76. The van der Waals surface area contributed by atoms with E-state index in [1.165, 1.54) is 64.2 Å². The molecule has 5 nitrogen and oxygen atoms in total. The monoisotopic (exact) mass is 420 g/mol. The maximum atomic E-state index is 6.08. The first-order valence-corrected chi connectivity index (χ1v) is 14.7. The van der Waals surface area contributed by atoms with Gasteiger partial charge in [0, 0.05) is 52.7 Å². The molecule has 0 saturated heterocycles. The Labute approximate surface area is 170 Å². The predicted octanol–water partition coefficient (Wildman–Crippen LogP) is 5.66. The summed E-state index contributed by atoms with van der Waals surface area (Å²) in [5, 5.41) is 0. The molecule has 0 aromatic rings. The van der Waals surface area contributed by atoms with Crippen LogP contribution in [-0.2, 0) is 22.1 Å². The average molecular weight is 421 g/mol. The lowest BCUT2D eigenvalue weighted by Gasteiger charge is -2.43. The van der Waals surface area contributed by atoms with Crippen LogP contribution in [-0.4, -0.2) is 52.9 Å². The number of hydrogen-bond donors (Lipinski definition) is 0. The zero-order valence-electron chi connectivity index (χ0n) is 18.7. The lowest BCUT2D eigenvalue weighted by Crippen LogP contribution is -2.50. The summed E-state index contributed by atoms with van der Waals surface area (Å²) in [6.07, 6.45) is 14.8. The summed E-state index contributed by atoms with van der Waals surface area (Å²) in [6, 6.07) is 0.885. The fourth-order valence-electron chi connectivity index (χ4n) is 4.96. The molecule has 7 heteroatoms. The van der Waals surface area contributed by atoms with Gasteiger partial charge in [0.05, 0.1) is 0 Å². The second-order valence-electron chi connectivity index (χ2n) is 7.84. The summed E-state index contributed by atoms with van der Waals surface area (Å²) >= 11 is 0. The summed E-state index contributed by atoms with van der Waals surface area (Å²) in [6.45, 7) is 2.08. The summed E-state index contributed by atoms with van der Waals surface area (Å²) in [5.41, 5.74) is 1.52. The van der Waals surface area contributed by atoms with E-state index >= 15 is 0 Å². The zero-order valence-corrected chi connectivity index (χ0v) is 20.7. The highest BCUT2D eigenvalue weighted by Crippen LogP contribution is 2.48. The Bertz CT molecular complexity index is 335. The topological polar surface area (TPSA) is 46.2 Å². The molecule has 2 rings (SSSR count). The first kappa shape index (κ1) is 25.3. The highest BCUT2D eigenvalue weighted by Gasteiger charge is 2.51. The maximum Gasteiger partial charge on any atom is 0.500 e. The van der Waals surface area contributed by atoms with E-state index in [0.717, 1.165) is 23.5 Å². The van der Waals surface area contributed by atoms with Crippen molar-refractivity contribution in [3.8, 4) is 0 Å². The molecule has 0 spiro atoms. The molecule has 2 aliphatic carbocycles. The highest BCUT2D eigenvalue weighted by atomic mass is 28.4. The Kier molecular flexibility index (Phi) is 12.6. The minimum Gasteiger partial charge on any atom is -0.397 e. The van der Waals surface area contributed by atoms with Gasteiger partial charge in [0.15, 0.2) is 0 Å². The van der Waals surface area contributed by atoms with Crippen molar-refractivity contribution in [2.24, 2.45) is 0 Å². The molecule has 0 radical (unpaired) electrons. The van der Waals surface area contributed by atoms with Crippen LogP contribution >= 0.6 is 0 Å². The first-order valence-electron chi connectivity index (χ1n) is 10.8. The van der Waals surface area contributed by atoms with Crippen LogP contribution in [0.5, 0.6) is 0 Å². The van der Waals surface area contributed by atoms with E-state index < -0.39 is 17.4 Å². The van der Waals surface area contributed by atoms with Gasteiger partial charge < -0.3 is 22.1 Å². The Morgan fingerprint density at radius 1 is 0.593 bits per heavy atom. The fourth-order valence-corrected chi connectivity index (χ4v) is 11.3. The maximum absolute atomic E-state index is 6.08. The second-order valence-corrected chi connectivity index (χ2v) is 14.8. The van der Waals surface area contributed by atoms with Crippen LogP contribution in [0.3, 0.4) is 0 Å². The van der Waals surface area contributed by atoms with Crippen molar-refractivity contribution in [1.82, 2.24) is 0 Å². The summed E-state index contributed by atoms with van der Waals surface area (Å²) in [5.74, 6) is 0. The Balaban J connectivity index is 0.000000314. The van der Waals surface area contributed by atoms with Crippen LogP contribution in [0.25, 0.3) is 0 Å². The normalized spacial score (nSPS) is 20.2. The molecule has 0 unspecified atom stereocenters. The molecule has 0 heterocycles. The molecule has 27 heavy (non-hydrogen) atoms. The molecule has 2 saturated carbocycles. The fraction of sp³-hybridized carbons (Fsp3) is 1.00. The lowest BCUT2D eigenvalue weighted by molar-refractivity contribution is 0.123. The molecule has 0 amide bonds. The van der Waals surface area contributed by atoms with Crippen LogP contribution in [0.1, 0.15) is 77.6 Å². The largest absolute Gasteiger partial charge is 0.500 e.